The summed E-state index contributed by atoms with van der Waals surface area (Å²) in [6, 6.07) is 18.0. The molecule has 1 atom stereocenters. The van der Waals surface area contributed by atoms with Gasteiger partial charge in [-0.15, -0.1) is 0 Å². The number of rotatable bonds is 8. The molecule has 1 heterocycles. The molecule has 1 amide bonds. The first-order chi connectivity index (χ1) is 14.5. The van der Waals surface area contributed by atoms with Gasteiger partial charge < -0.3 is 14.8 Å². The van der Waals surface area contributed by atoms with Crippen LogP contribution in [-0.4, -0.2) is 35.4 Å². The van der Waals surface area contributed by atoms with Crippen molar-refractivity contribution in [2.24, 2.45) is 0 Å². The first-order valence-corrected chi connectivity index (χ1v) is 9.74. The van der Waals surface area contributed by atoms with Crippen molar-refractivity contribution in [2.45, 2.75) is 26.3 Å². The molecule has 2 aromatic carbocycles. The van der Waals surface area contributed by atoms with Crippen LogP contribution in [0.15, 0.2) is 60.7 Å². The highest BCUT2D eigenvalue weighted by Crippen LogP contribution is 2.23. The number of esters is 1. The molecule has 0 aliphatic rings. The number of aromatic nitrogens is 2. The standard InChI is InChI=1S/C23H25N3O4/c1-4-30-22(27)15-20(17-9-8-12-19(14-17)29-3)24-23(28)21-13-16(2)26(25-21)18-10-6-5-7-11-18/h5-14,20H,4,15H2,1-3H3,(H,24,28). The van der Waals surface area contributed by atoms with Gasteiger partial charge in [0.2, 0.25) is 0 Å². The molecule has 0 aliphatic carbocycles. The lowest BCUT2D eigenvalue weighted by atomic mass is 10.0. The number of methoxy groups -OCH3 is 1. The van der Waals surface area contributed by atoms with Crippen molar-refractivity contribution in [3.63, 3.8) is 0 Å². The van der Waals surface area contributed by atoms with E-state index in [4.69, 9.17) is 9.47 Å². The molecule has 0 saturated carbocycles. The van der Waals surface area contributed by atoms with E-state index in [1.807, 2.05) is 49.4 Å². The minimum atomic E-state index is -0.575. The lowest BCUT2D eigenvalue weighted by Crippen LogP contribution is -2.31. The Balaban J connectivity index is 1.85. The maximum absolute atomic E-state index is 12.9. The van der Waals surface area contributed by atoms with Crippen molar-refractivity contribution in [1.82, 2.24) is 15.1 Å². The largest absolute Gasteiger partial charge is 0.497 e. The Morgan fingerprint density at radius 1 is 1.10 bits per heavy atom. The fraction of sp³-hybridized carbons (Fsp3) is 0.261. The number of nitrogens with one attached hydrogen (secondary N) is 1. The highest BCUT2D eigenvalue weighted by atomic mass is 16.5. The summed E-state index contributed by atoms with van der Waals surface area (Å²) in [5, 5.41) is 7.35. The number of carbonyl (C=O) groups is 2. The number of hydrogen-bond acceptors (Lipinski definition) is 5. The summed E-state index contributed by atoms with van der Waals surface area (Å²) in [7, 11) is 1.57. The smallest absolute Gasteiger partial charge is 0.308 e. The van der Waals surface area contributed by atoms with Crippen molar-refractivity contribution in [3.05, 3.63) is 77.6 Å². The molecule has 7 heteroatoms. The third-order valence-corrected chi connectivity index (χ3v) is 4.60. The zero-order valence-electron chi connectivity index (χ0n) is 17.3. The van der Waals surface area contributed by atoms with Gasteiger partial charge in [0.15, 0.2) is 5.69 Å². The highest BCUT2D eigenvalue weighted by molar-refractivity contribution is 5.93. The SMILES string of the molecule is CCOC(=O)CC(NC(=O)c1cc(C)n(-c2ccccc2)n1)c1cccc(OC)c1. The van der Waals surface area contributed by atoms with E-state index >= 15 is 0 Å². The Morgan fingerprint density at radius 3 is 2.57 bits per heavy atom. The number of benzene rings is 2. The van der Waals surface area contributed by atoms with Gasteiger partial charge in [0, 0.05) is 5.69 Å². The fourth-order valence-corrected chi connectivity index (χ4v) is 3.15. The van der Waals surface area contributed by atoms with Gasteiger partial charge in [-0.05, 0) is 49.7 Å². The molecule has 0 radical (unpaired) electrons. The Kier molecular flexibility index (Phi) is 6.85. The molecule has 0 saturated heterocycles. The number of ether oxygens (including phenoxy) is 2. The van der Waals surface area contributed by atoms with Crippen LogP contribution in [0.5, 0.6) is 5.75 Å². The molecule has 3 rings (SSSR count). The van der Waals surface area contributed by atoms with Crippen LogP contribution in [-0.2, 0) is 9.53 Å². The summed E-state index contributed by atoms with van der Waals surface area (Å²) in [5.74, 6) is -0.124. The quantitative estimate of drug-likeness (QED) is 0.577. The Hall–Kier alpha value is -3.61. The van der Waals surface area contributed by atoms with E-state index in [9.17, 15) is 9.59 Å². The summed E-state index contributed by atoms with van der Waals surface area (Å²) in [6.07, 6.45) is 0.00508. The Morgan fingerprint density at radius 2 is 1.87 bits per heavy atom. The number of carbonyl (C=O) groups excluding carboxylic acids is 2. The molecule has 0 aliphatic heterocycles. The normalized spacial score (nSPS) is 11.6. The lowest BCUT2D eigenvalue weighted by molar-refractivity contribution is -0.143. The minimum Gasteiger partial charge on any atom is -0.497 e. The average Bonchev–Trinajstić information content (AvgIpc) is 3.16. The Labute approximate surface area is 175 Å². The maximum Gasteiger partial charge on any atom is 0.308 e. The summed E-state index contributed by atoms with van der Waals surface area (Å²) in [6.45, 7) is 3.91. The molecule has 156 valence electrons. The molecule has 3 aromatic rings. The van der Waals surface area contributed by atoms with Crippen LogP contribution in [0.3, 0.4) is 0 Å². The molecule has 7 nitrogen and oxygen atoms in total. The van der Waals surface area contributed by atoms with Crippen LogP contribution >= 0.6 is 0 Å². The molecule has 0 spiro atoms. The first-order valence-electron chi connectivity index (χ1n) is 9.74. The van der Waals surface area contributed by atoms with Gasteiger partial charge in [-0.3, -0.25) is 9.59 Å². The van der Waals surface area contributed by atoms with Crippen molar-refractivity contribution in [1.29, 1.82) is 0 Å². The van der Waals surface area contributed by atoms with E-state index in [1.54, 1.807) is 36.9 Å². The molecule has 0 fully saturated rings. The number of hydrogen-bond donors (Lipinski definition) is 1. The van der Waals surface area contributed by atoms with E-state index in [0.29, 0.717) is 5.75 Å². The minimum absolute atomic E-state index is 0.00508. The molecule has 1 N–H and O–H groups in total. The molecular weight excluding hydrogens is 382 g/mol. The topological polar surface area (TPSA) is 82.5 Å². The summed E-state index contributed by atoms with van der Waals surface area (Å²) in [5.41, 5.74) is 2.71. The van der Waals surface area contributed by atoms with E-state index in [0.717, 1.165) is 16.9 Å². The summed E-state index contributed by atoms with van der Waals surface area (Å²) < 4.78 is 12.1. The molecule has 0 bridgehead atoms. The number of para-hydroxylation sites is 1. The van der Waals surface area contributed by atoms with E-state index in [2.05, 4.69) is 10.4 Å². The zero-order chi connectivity index (χ0) is 21.5. The second-order valence-electron chi connectivity index (χ2n) is 6.73. The average molecular weight is 407 g/mol. The monoisotopic (exact) mass is 407 g/mol. The fourth-order valence-electron chi connectivity index (χ4n) is 3.15. The predicted octanol–water partition coefficient (Wildman–Crippen LogP) is 3.61. The third-order valence-electron chi connectivity index (χ3n) is 4.60. The molecule has 1 aromatic heterocycles. The van der Waals surface area contributed by atoms with Gasteiger partial charge in [0.05, 0.1) is 31.9 Å². The van der Waals surface area contributed by atoms with Crippen molar-refractivity contribution < 1.29 is 19.1 Å². The molecule has 30 heavy (non-hydrogen) atoms. The first kappa shape index (κ1) is 21.1. The van der Waals surface area contributed by atoms with Gasteiger partial charge in [0.1, 0.15) is 5.75 Å². The van der Waals surface area contributed by atoms with Gasteiger partial charge >= 0.3 is 5.97 Å². The predicted molar refractivity (Wildman–Crippen MR) is 113 cm³/mol. The van der Waals surface area contributed by atoms with Crippen LogP contribution in [0.4, 0.5) is 0 Å². The van der Waals surface area contributed by atoms with E-state index < -0.39 is 12.0 Å². The van der Waals surface area contributed by atoms with Gasteiger partial charge in [-0.25, -0.2) is 4.68 Å². The molecular formula is C23H25N3O4. The maximum atomic E-state index is 12.9. The summed E-state index contributed by atoms with van der Waals surface area (Å²) >= 11 is 0. The molecule has 1 unspecified atom stereocenters. The number of aryl methyl sites for hydroxylation is 1. The van der Waals surface area contributed by atoms with Crippen molar-refractivity contribution >= 4 is 11.9 Å². The van der Waals surface area contributed by atoms with Gasteiger partial charge in [-0.2, -0.15) is 5.10 Å². The van der Waals surface area contributed by atoms with E-state index in [-0.39, 0.29) is 24.6 Å². The van der Waals surface area contributed by atoms with Crippen LogP contribution in [0.1, 0.15) is 41.1 Å². The van der Waals surface area contributed by atoms with Crippen molar-refractivity contribution in [3.8, 4) is 11.4 Å². The van der Waals surface area contributed by atoms with Gasteiger partial charge in [-0.1, -0.05) is 30.3 Å². The third kappa shape index (κ3) is 5.05. The number of nitrogens with zero attached hydrogens (tertiary/aromatic N) is 2. The van der Waals surface area contributed by atoms with Gasteiger partial charge in [0.25, 0.3) is 5.91 Å². The van der Waals surface area contributed by atoms with E-state index in [1.165, 1.54) is 0 Å². The van der Waals surface area contributed by atoms with Crippen LogP contribution in [0.2, 0.25) is 0 Å². The summed E-state index contributed by atoms with van der Waals surface area (Å²) in [4.78, 5) is 25.1. The zero-order valence-corrected chi connectivity index (χ0v) is 17.3. The second-order valence-corrected chi connectivity index (χ2v) is 6.73. The number of amides is 1. The lowest BCUT2D eigenvalue weighted by Gasteiger charge is -2.18. The van der Waals surface area contributed by atoms with Crippen LogP contribution in [0, 0.1) is 6.92 Å². The van der Waals surface area contributed by atoms with Crippen LogP contribution in [0.25, 0.3) is 5.69 Å². The highest BCUT2D eigenvalue weighted by Gasteiger charge is 2.22. The Bertz CT molecular complexity index is 1010. The van der Waals surface area contributed by atoms with Crippen LogP contribution < -0.4 is 10.1 Å². The second kappa shape index (κ2) is 9.73. The van der Waals surface area contributed by atoms with Crippen molar-refractivity contribution in [2.75, 3.05) is 13.7 Å².